The quantitative estimate of drug-likeness (QED) is 0.563. The van der Waals surface area contributed by atoms with Crippen molar-refractivity contribution in [2.24, 2.45) is 0 Å². The van der Waals surface area contributed by atoms with E-state index in [1.165, 1.54) is 13.8 Å². The molecule has 0 aliphatic carbocycles. The molecule has 0 atom stereocenters. The average Bonchev–Trinajstić information content (AvgIpc) is 1.93. The smallest absolute Gasteiger partial charge is 0.150 e. The summed E-state index contributed by atoms with van der Waals surface area (Å²) in [5.74, 6) is 0. The number of rotatable bonds is 1. The molecule has 0 fully saturated rings. The van der Waals surface area contributed by atoms with E-state index in [2.05, 4.69) is 5.32 Å². The Morgan fingerprint density at radius 1 is 1.27 bits per heavy atom. The molecule has 0 aliphatic rings. The van der Waals surface area contributed by atoms with Gasteiger partial charge in [-0.25, -0.2) is 0 Å². The fourth-order valence-corrected chi connectivity index (χ4v) is 0. The lowest BCUT2D eigenvalue weighted by Gasteiger charge is -2.02. The molecule has 0 bridgehead atoms. The molecule has 3 nitrogen and oxygen atoms in total. The van der Waals surface area contributed by atoms with Crippen LogP contribution in [0, 0.1) is 0 Å². The second kappa shape index (κ2) is 12.3. The van der Waals surface area contributed by atoms with E-state index in [9.17, 15) is 4.79 Å². The monoisotopic (exact) mass is 163 g/mol. The van der Waals surface area contributed by atoms with Crippen molar-refractivity contribution in [2.45, 2.75) is 33.3 Å². The van der Waals surface area contributed by atoms with E-state index in [1.807, 2.05) is 27.9 Å². The summed E-state index contributed by atoms with van der Waals surface area (Å²) in [5, 5.41) is 11.2. The van der Waals surface area contributed by atoms with Crippen LogP contribution in [0.5, 0.6) is 0 Å². The second-order valence-corrected chi connectivity index (χ2v) is 2.27. The van der Waals surface area contributed by atoms with E-state index in [1.54, 1.807) is 0 Å². The third-order valence-corrected chi connectivity index (χ3v) is 0.288. The highest BCUT2D eigenvalue weighted by Gasteiger charge is 2.07. The summed E-state index contributed by atoms with van der Waals surface area (Å²) in [7, 11) is 3.75. The Hall–Kier alpha value is -0.410. The summed E-state index contributed by atoms with van der Waals surface area (Å²) < 4.78 is 0. The lowest BCUT2D eigenvalue weighted by Crippen LogP contribution is -2.19. The Kier molecular flexibility index (Phi) is 18.9. The molecule has 0 aromatic rings. The molecule has 3 heteroatoms. The molecule has 0 spiro atoms. The van der Waals surface area contributed by atoms with Crippen molar-refractivity contribution in [1.82, 2.24) is 5.32 Å². The van der Waals surface area contributed by atoms with Gasteiger partial charge in [-0.15, -0.1) is 0 Å². The highest BCUT2D eigenvalue weighted by atomic mass is 16.3. The number of aldehydes is 1. The molecule has 0 heterocycles. The van der Waals surface area contributed by atoms with Gasteiger partial charge in [-0.1, -0.05) is 13.8 Å². The zero-order valence-electron chi connectivity index (χ0n) is 8.43. The van der Waals surface area contributed by atoms with Crippen LogP contribution in [0.25, 0.3) is 0 Å². The Balaban J connectivity index is -0.000000109. The first-order chi connectivity index (χ1) is 4.97. The third-order valence-electron chi connectivity index (χ3n) is 0.288. The largest absolute Gasteiger partial charge is 0.383 e. The molecular formula is C8H21NO2. The van der Waals surface area contributed by atoms with Crippen LogP contribution in [-0.2, 0) is 4.79 Å². The minimum absolute atomic E-state index is 0.493. The number of carbonyl (C=O) groups is 1. The van der Waals surface area contributed by atoms with Crippen molar-refractivity contribution in [1.29, 1.82) is 0 Å². The van der Waals surface area contributed by atoms with Crippen molar-refractivity contribution < 1.29 is 9.90 Å². The van der Waals surface area contributed by atoms with E-state index in [0.29, 0.717) is 6.29 Å². The van der Waals surface area contributed by atoms with Gasteiger partial charge in [0.1, 0.15) is 5.60 Å². The molecule has 0 unspecified atom stereocenters. The standard InChI is InChI=1S/C4H8O2.C2H7N.C2H6/c1-4(2,6)3-5;1-3-2;1-2/h3,6H,1-2H3;3H,1-2H3;1-2H3. The van der Waals surface area contributed by atoms with Crippen LogP contribution in [0.15, 0.2) is 0 Å². The Labute approximate surface area is 69.8 Å². The lowest BCUT2D eigenvalue weighted by molar-refractivity contribution is -0.120. The first kappa shape index (κ1) is 16.9. The predicted octanol–water partition coefficient (Wildman–Crippen LogP) is 0.818. The molecular weight excluding hydrogens is 142 g/mol. The molecule has 0 aliphatic heterocycles. The van der Waals surface area contributed by atoms with E-state index in [4.69, 9.17) is 5.11 Å². The van der Waals surface area contributed by atoms with Crippen LogP contribution in [-0.4, -0.2) is 31.1 Å². The molecule has 2 N–H and O–H groups in total. The summed E-state index contributed by atoms with van der Waals surface area (Å²) >= 11 is 0. The van der Waals surface area contributed by atoms with Crippen molar-refractivity contribution in [3.8, 4) is 0 Å². The fourth-order valence-electron chi connectivity index (χ4n) is 0. The van der Waals surface area contributed by atoms with Crippen LogP contribution in [0.3, 0.4) is 0 Å². The van der Waals surface area contributed by atoms with Gasteiger partial charge in [0.25, 0.3) is 0 Å². The van der Waals surface area contributed by atoms with Crippen molar-refractivity contribution in [2.75, 3.05) is 14.1 Å². The van der Waals surface area contributed by atoms with Gasteiger partial charge in [0.15, 0.2) is 6.29 Å². The summed E-state index contributed by atoms with van der Waals surface area (Å²) in [6, 6.07) is 0. The van der Waals surface area contributed by atoms with Crippen molar-refractivity contribution in [3.63, 3.8) is 0 Å². The Morgan fingerprint density at radius 2 is 1.36 bits per heavy atom. The molecule has 0 aromatic heterocycles. The highest BCUT2D eigenvalue weighted by molar-refractivity contribution is 5.60. The zero-order chi connectivity index (χ0) is 9.91. The zero-order valence-corrected chi connectivity index (χ0v) is 8.43. The van der Waals surface area contributed by atoms with Gasteiger partial charge in [0, 0.05) is 0 Å². The first-order valence-electron chi connectivity index (χ1n) is 3.75. The van der Waals surface area contributed by atoms with Gasteiger partial charge in [0.2, 0.25) is 0 Å². The Morgan fingerprint density at radius 3 is 1.36 bits per heavy atom. The second-order valence-electron chi connectivity index (χ2n) is 2.27. The summed E-state index contributed by atoms with van der Waals surface area (Å²) in [4.78, 5) is 9.58. The number of carbonyl (C=O) groups excluding carboxylic acids is 1. The molecule has 11 heavy (non-hydrogen) atoms. The molecule has 0 amide bonds. The molecule has 0 radical (unpaired) electrons. The molecule has 0 saturated carbocycles. The Bertz CT molecular complexity index is 67.0. The van der Waals surface area contributed by atoms with Gasteiger partial charge < -0.3 is 15.2 Å². The number of hydrogen-bond acceptors (Lipinski definition) is 3. The van der Waals surface area contributed by atoms with E-state index >= 15 is 0 Å². The van der Waals surface area contributed by atoms with E-state index < -0.39 is 5.60 Å². The van der Waals surface area contributed by atoms with Crippen molar-refractivity contribution in [3.05, 3.63) is 0 Å². The van der Waals surface area contributed by atoms with Crippen LogP contribution in [0.2, 0.25) is 0 Å². The molecule has 0 aromatic carbocycles. The molecule has 70 valence electrons. The normalized spacial score (nSPS) is 8.27. The van der Waals surface area contributed by atoms with Crippen LogP contribution in [0.4, 0.5) is 0 Å². The maximum absolute atomic E-state index is 9.58. The predicted molar refractivity (Wildman–Crippen MR) is 48.7 cm³/mol. The van der Waals surface area contributed by atoms with E-state index in [0.717, 1.165) is 0 Å². The third kappa shape index (κ3) is 82.4. The van der Waals surface area contributed by atoms with Crippen LogP contribution >= 0.6 is 0 Å². The maximum atomic E-state index is 9.58. The SMILES string of the molecule is CC.CC(C)(O)C=O.CNC. The lowest BCUT2D eigenvalue weighted by atomic mass is 10.2. The van der Waals surface area contributed by atoms with Gasteiger partial charge in [0.05, 0.1) is 0 Å². The average molecular weight is 163 g/mol. The number of hydrogen-bond donors (Lipinski definition) is 2. The first-order valence-corrected chi connectivity index (χ1v) is 3.75. The van der Waals surface area contributed by atoms with Gasteiger partial charge in [-0.05, 0) is 27.9 Å². The van der Waals surface area contributed by atoms with Gasteiger partial charge >= 0.3 is 0 Å². The van der Waals surface area contributed by atoms with Gasteiger partial charge in [-0.2, -0.15) is 0 Å². The van der Waals surface area contributed by atoms with Crippen LogP contribution < -0.4 is 5.32 Å². The maximum Gasteiger partial charge on any atom is 0.150 e. The summed E-state index contributed by atoms with van der Waals surface area (Å²) in [6.45, 7) is 6.86. The molecule has 0 saturated heterocycles. The van der Waals surface area contributed by atoms with Crippen LogP contribution in [0.1, 0.15) is 27.7 Å². The molecule has 0 rings (SSSR count). The van der Waals surface area contributed by atoms with E-state index in [-0.39, 0.29) is 0 Å². The topological polar surface area (TPSA) is 49.3 Å². The van der Waals surface area contributed by atoms with Gasteiger partial charge in [-0.3, -0.25) is 0 Å². The fraction of sp³-hybridized carbons (Fsp3) is 0.875. The van der Waals surface area contributed by atoms with Crippen molar-refractivity contribution >= 4 is 6.29 Å². The minimum atomic E-state index is -1.14. The number of aliphatic hydroxyl groups is 1. The summed E-state index contributed by atoms with van der Waals surface area (Å²) in [6.07, 6.45) is 0.493. The highest BCUT2D eigenvalue weighted by Crippen LogP contribution is 1.91. The minimum Gasteiger partial charge on any atom is -0.383 e. The summed E-state index contributed by atoms with van der Waals surface area (Å²) in [5.41, 5.74) is -1.14. The number of nitrogens with one attached hydrogen (secondary N) is 1.